The monoisotopic (exact) mass is 800 g/mol. The molecule has 0 N–H and O–H groups in total. The standard InChI is InChI=1S/C52H36N8Si/c1-5-15-37(16-6-1)47-55-48(38-17-7-2-8-18-38)58-51(57-47)41-19-13-25-45(35-41)61(43-21-9-3-10-22-43,44-23-11-4-12-24-44)46-26-14-20-42(36-46)52-59-49(39-27-31-53-32-28-39)56-50(60-52)40-29-33-54-34-30-40/h1-36H. The van der Waals surface area contributed by atoms with Gasteiger partial charge in [-0.15, -0.1) is 0 Å². The predicted octanol–water partition coefficient (Wildman–Crippen LogP) is 8.23. The molecule has 0 radical (unpaired) electrons. The fourth-order valence-corrected chi connectivity index (χ4v) is 12.7. The lowest BCUT2D eigenvalue weighted by Crippen LogP contribution is -2.74. The van der Waals surface area contributed by atoms with Crippen LogP contribution in [0, 0.1) is 0 Å². The van der Waals surface area contributed by atoms with Crippen molar-refractivity contribution >= 4 is 28.8 Å². The minimum absolute atomic E-state index is 0.564. The summed E-state index contributed by atoms with van der Waals surface area (Å²) in [4.78, 5) is 38.8. The molecule has 9 heteroatoms. The molecule has 0 unspecified atom stereocenters. The van der Waals surface area contributed by atoms with Crippen LogP contribution in [-0.4, -0.2) is 47.9 Å². The number of rotatable bonds is 10. The summed E-state index contributed by atoms with van der Waals surface area (Å²) in [5.41, 5.74) is 5.32. The summed E-state index contributed by atoms with van der Waals surface area (Å²) in [7, 11) is -3.10. The van der Waals surface area contributed by atoms with Crippen LogP contribution in [0.4, 0.5) is 0 Å². The molecule has 0 saturated heterocycles. The van der Waals surface area contributed by atoms with E-state index in [2.05, 4.69) is 119 Å². The first-order chi connectivity index (χ1) is 30.2. The summed E-state index contributed by atoms with van der Waals surface area (Å²) in [6.07, 6.45) is 7.01. The molecule has 288 valence electrons. The maximum atomic E-state index is 5.12. The summed E-state index contributed by atoms with van der Waals surface area (Å²) >= 11 is 0. The molecule has 0 spiro atoms. The Morgan fingerprint density at radius 2 is 0.492 bits per heavy atom. The molecular formula is C52H36N8Si. The van der Waals surface area contributed by atoms with Crippen LogP contribution in [0.15, 0.2) is 219 Å². The van der Waals surface area contributed by atoms with Gasteiger partial charge in [-0.2, -0.15) is 0 Å². The zero-order valence-corrected chi connectivity index (χ0v) is 33.9. The summed E-state index contributed by atoms with van der Waals surface area (Å²) in [5.74, 6) is 3.53. The second-order valence-electron chi connectivity index (χ2n) is 14.5. The van der Waals surface area contributed by atoms with Crippen LogP contribution in [0.2, 0.25) is 0 Å². The zero-order chi connectivity index (χ0) is 40.9. The van der Waals surface area contributed by atoms with Crippen molar-refractivity contribution < 1.29 is 0 Å². The van der Waals surface area contributed by atoms with E-state index in [4.69, 9.17) is 29.9 Å². The van der Waals surface area contributed by atoms with Crippen molar-refractivity contribution in [3.05, 3.63) is 219 Å². The van der Waals surface area contributed by atoms with E-state index in [9.17, 15) is 0 Å². The van der Waals surface area contributed by atoms with E-state index >= 15 is 0 Å². The molecular weight excluding hydrogens is 765 g/mol. The fourth-order valence-electron chi connectivity index (χ4n) is 7.86. The first-order valence-electron chi connectivity index (χ1n) is 20.0. The second kappa shape index (κ2) is 16.6. The van der Waals surface area contributed by atoms with Gasteiger partial charge in [0.25, 0.3) is 0 Å². The highest BCUT2D eigenvalue weighted by Crippen LogP contribution is 2.27. The Balaban J connectivity index is 1.20. The van der Waals surface area contributed by atoms with Crippen molar-refractivity contribution in [3.63, 3.8) is 0 Å². The van der Waals surface area contributed by atoms with Crippen molar-refractivity contribution in [2.45, 2.75) is 0 Å². The Kier molecular flexibility index (Phi) is 10.1. The van der Waals surface area contributed by atoms with Crippen molar-refractivity contribution in [3.8, 4) is 68.3 Å². The van der Waals surface area contributed by atoms with E-state index in [1.165, 1.54) is 20.7 Å². The summed E-state index contributed by atoms with van der Waals surface area (Å²) in [6, 6.07) is 67.0. The Hall–Kier alpha value is -8.14. The lowest BCUT2D eigenvalue weighted by Gasteiger charge is -2.35. The summed E-state index contributed by atoms with van der Waals surface area (Å²) in [5, 5.41) is 4.80. The molecule has 0 aliphatic heterocycles. The van der Waals surface area contributed by atoms with Crippen molar-refractivity contribution in [2.75, 3.05) is 0 Å². The van der Waals surface area contributed by atoms with E-state index in [0.717, 1.165) is 33.4 Å². The number of nitrogens with zero attached hydrogens (tertiary/aromatic N) is 8. The molecule has 4 aromatic heterocycles. The van der Waals surface area contributed by atoms with Gasteiger partial charge in [0.1, 0.15) is 0 Å². The third-order valence-corrected chi connectivity index (χ3v) is 15.5. The van der Waals surface area contributed by atoms with Crippen molar-refractivity contribution in [2.24, 2.45) is 0 Å². The van der Waals surface area contributed by atoms with Crippen LogP contribution >= 0.6 is 0 Å². The van der Waals surface area contributed by atoms with Crippen LogP contribution in [0.25, 0.3) is 68.3 Å². The zero-order valence-electron chi connectivity index (χ0n) is 32.9. The first kappa shape index (κ1) is 37.1. The van der Waals surface area contributed by atoms with E-state index in [1.807, 2.05) is 84.9 Å². The number of pyridine rings is 2. The van der Waals surface area contributed by atoms with Gasteiger partial charge in [-0.05, 0) is 45.0 Å². The maximum absolute atomic E-state index is 5.12. The molecule has 10 rings (SSSR count). The van der Waals surface area contributed by atoms with Gasteiger partial charge in [-0.3, -0.25) is 9.97 Å². The number of hydrogen-bond donors (Lipinski definition) is 0. The average molecular weight is 801 g/mol. The average Bonchev–Trinajstić information content (AvgIpc) is 3.36. The largest absolute Gasteiger partial charge is 0.265 e. The lowest BCUT2D eigenvalue weighted by atomic mass is 10.1. The van der Waals surface area contributed by atoms with Crippen LogP contribution in [0.1, 0.15) is 0 Å². The number of benzene rings is 6. The molecule has 10 aromatic rings. The van der Waals surface area contributed by atoms with E-state index in [0.29, 0.717) is 34.9 Å². The molecule has 8 nitrogen and oxygen atoms in total. The highest BCUT2D eigenvalue weighted by atomic mass is 28.3. The van der Waals surface area contributed by atoms with Crippen molar-refractivity contribution in [1.82, 2.24) is 39.9 Å². The Bertz CT molecular complexity index is 2740. The van der Waals surface area contributed by atoms with E-state index in [-0.39, 0.29) is 0 Å². The second-order valence-corrected chi connectivity index (χ2v) is 18.3. The molecule has 0 amide bonds. The molecule has 0 aliphatic rings. The topological polar surface area (TPSA) is 103 Å². The SMILES string of the molecule is c1ccc(-c2nc(-c3ccccc3)nc(-c3cccc([Si](c4ccccc4)(c4ccccc4)c4cccc(-c5nc(-c6ccncc6)nc(-c6ccncc6)n5)c4)c3)n2)cc1. The Labute approximate surface area is 354 Å². The predicted molar refractivity (Wildman–Crippen MR) is 245 cm³/mol. The molecule has 0 saturated carbocycles. The highest BCUT2D eigenvalue weighted by Gasteiger charge is 2.42. The van der Waals surface area contributed by atoms with Gasteiger partial charge in [0, 0.05) is 58.2 Å². The van der Waals surface area contributed by atoms with Crippen LogP contribution in [0.5, 0.6) is 0 Å². The Morgan fingerprint density at radius 3 is 0.836 bits per heavy atom. The highest BCUT2D eigenvalue weighted by molar-refractivity contribution is 7.20. The van der Waals surface area contributed by atoms with E-state index in [1.54, 1.807) is 24.8 Å². The molecule has 0 bridgehead atoms. The van der Waals surface area contributed by atoms with Crippen LogP contribution < -0.4 is 20.7 Å². The van der Waals surface area contributed by atoms with Gasteiger partial charge < -0.3 is 0 Å². The quantitative estimate of drug-likeness (QED) is 0.101. The number of aromatic nitrogens is 8. The molecule has 4 heterocycles. The minimum Gasteiger partial charge on any atom is -0.265 e. The third-order valence-electron chi connectivity index (χ3n) is 10.7. The minimum atomic E-state index is -3.10. The maximum Gasteiger partial charge on any atom is 0.179 e. The lowest BCUT2D eigenvalue weighted by molar-refractivity contribution is 1.07. The normalized spacial score (nSPS) is 11.3. The fraction of sp³-hybridized carbons (Fsp3) is 0. The van der Waals surface area contributed by atoms with Crippen molar-refractivity contribution in [1.29, 1.82) is 0 Å². The van der Waals surface area contributed by atoms with Gasteiger partial charge in [0.15, 0.2) is 43.0 Å². The van der Waals surface area contributed by atoms with Gasteiger partial charge >= 0.3 is 0 Å². The van der Waals surface area contributed by atoms with Gasteiger partial charge in [0.05, 0.1) is 0 Å². The molecule has 61 heavy (non-hydrogen) atoms. The summed E-state index contributed by atoms with van der Waals surface area (Å²) in [6.45, 7) is 0. The van der Waals surface area contributed by atoms with Gasteiger partial charge in [-0.1, -0.05) is 170 Å². The molecule has 0 fully saturated rings. The molecule has 6 aromatic carbocycles. The smallest absolute Gasteiger partial charge is 0.179 e. The van der Waals surface area contributed by atoms with Gasteiger partial charge in [-0.25, -0.2) is 29.9 Å². The Morgan fingerprint density at radius 1 is 0.230 bits per heavy atom. The molecule has 0 aliphatic carbocycles. The third kappa shape index (κ3) is 7.41. The van der Waals surface area contributed by atoms with Crippen LogP contribution in [0.3, 0.4) is 0 Å². The first-order valence-corrected chi connectivity index (χ1v) is 22.0. The van der Waals surface area contributed by atoms with Gasteiger partial charge in [0.2, 0.25) is 0 Å². The van der Waals surface area contributed by atoms with E-state index < -0.39 is 8.07 Å². The van der Waals surface area contributed by atoms with Crippen LogP contribution in [-0.2, 0) is 0 Å². The summed E-state index contributed by atoms with van der Waals surface area (Å²) < 4.78 is 0. The number of hydrogen-bond acceptors (Lipinski definition) is 8. The molecule has 0 atom stereocenters.